The van der Waals surface area contributed by atoms with Gasteiger partial charge in [0.1, 0.15) is 17.2 Å². The van der Waals surface area contributed by atoms with E-state index in [2.05, 4.69) is 5.32 Å². The molecule has 19 heavy (non-hydrogen) atoms. The second-order valence-corrected chi connectivity index (χ2v) is 4.36. The van der Waals surface area contributed by atoms with Crippen molar-refractivity contribution in [3.05, 3.63) is 54.0 Å². The number of furan rings is 2. The molecule has 1 amide bonds. The Morgan fingerprint density at radius 1 is 1.26 bits per heavy atom. The highest BCUT2D eigenvalue weighted by Gasteiger charge is 2.31. The highest BCUT2D eigenvalue weighted by Crippen LogP contribution is 2.17. The fourth-order valence-corrected chi connectivity index (χ4v) is 2.05. The number of hydrogen-bond donors (Lipinski definition) is 1. The topological polar surface area (TPSA) is 58.6 Å². The maximum absolute atomic E-state index is 12.2. The van der Waals surface area contributed by atoms with Crippen molar-refractivity contribution in [3.63, 3.8) is 0 Å². The van der Waals surface area contributed by atoms with Crippen molar-refractivity contribution < 1.29 is 13.6 Å². The van der Waals surface area contributed by atoms with E-state index in [9.17, 15) is 4.79 Å². The van der Waals surface area contributed by atoms with Gasteiger partial charge >= 0.3 is 0 Å². The van der Waals surface area contributed by atoms with Crippen LogP contribution < -0.4 is 5.32 Å². The van der Waals surface area contributed by atoms with E-state index >= 15 is 0 Å². The van der Waals surface area contributed by atoms with E-state index < -0.39 is 0 Å². The van der Waals surface area contributed by atoms with Crippen LogP contribution in [0, 0.1) is 0 Å². The number of nitrogens with one attached hydrogen (secondary N) is 1. The van der Waals surface area contributed by atoms with Crippen LogP contribution in [0.25, 0.3) is 6.08 Å². The molecule has 0 spiro atoms. The van der Waals surface area contributed by atoms with Gasteiger partial charge < -0.3 is 14.2 Å². The second-order valence-electron chi connectivity index (χ2n) is 3.97. The minimum Gasteiger partial charge on any atom is -0.467 e. The molecule has 1 N–H and O–H groups in total. The third-order valence-corrected chi connectivity index (χ3v) is 3.01. The maximum Gasteiger partial charge on any atom is 0.277 e. The van der Waals surface area contributed by atoms with Crippen LogP contribution in [0.15, 0.2) is 51.3 Å². The molecular weight excluding hydrogens is 264 g/mol. The molecule has 96 valence electrons. The van der Waals surface area contributed by atoms with Crippen molar-refractivity contribution in [2.24, 2.45) is 0 Å². The van der Waals surface area contributed by atoms with Crippen LogP contribution in [0.1, 0.15) is 11.5 Å². The minimum atomic E-state index is -0.196. The van der Waals surface area contributed by atoms with E-state index in [4.69, 9.17) is 21.1 Å². The number of carbonyl (C=O) groups excluding carboxylic acids is 1. The van der Waals surface area contributed by atoms with Gasteiger partial charge in [0, 0.05) is 6.08 Å². The van der Waals surface area contributed by atoms with Crippen molar-refractivity contribution in [2.75, 3.05) is 0 Å². The summed E-state index contributed by atoms with van der Waals surface area (Å²) in [7, 11) is 0. The van der Waals surface area contributed by atoms with Gasteiger partial charge in [0.05, 0.1) is 19.1 Å². The van der Waals surface area contributed by atoms with Gasteiger partial charge in [-0.05, 0) is 36.5 Å². The SMILES string of the molecule is O=C1/C(=C/c2ccco2)NC(=S)N1Cc1ccco1. The first-order chi connectivity index (χ1) is 9.24. The second kappa shape index (κ2) is 4.74. The standard InChI is InChI=1S/C13H10N2O3S/c16-12-11(7-9-3-1-5-17-9)14-13(19)15(12)8-10-4-2-6-18-10/h1-7H,8H2,(H,14,19)/b11-7-. The predicted octanol–water partition coefficient (Wildman–Crippen LogP) is 2.13. The zero-order chi connectivity index (χ0) is 13.2. The Morgan fingerprint density at radius 2 is 2.05 bits per heavy atom. The van der Waals surface area contributed by atoms with Crippen LogP contribution in [0.2, 0.25) is 0 Å². The van der Waals surface area contributed by atoms with Crippen LogP contribution >= 0.6 is 12.2 Å². The molecule has 1 fully saturated rings. The van der Waals surface area contributed by atoms with Gasteiger partial charge in [-0.2, -0.15) is 0 Å². The van der Waals surface area contributed by atoms with Gasteiger partial charge in [-0.3, -0.25) is 9.69 Å². The van der Waals surface area contributed by atoms with Crippen molar-refractivity contribution >= 4 is 29.3 Å². The summed E-state index contributed by atoms with van der Waals surface area (Å²) in [6.07, 6.45) is 4.73. The Morgan fingerprint density at radius 3 is 2.74 bits per heavy atom. The van der Waals surface area contributed by atoms with Crippen LogP contribution in [-0.2, 0) is 11.3 Å². The molecule has 0 aliphatic carbocycles. The van der Waals surface area contributed by atoms with E-state index in [1.165, 1.54) is 4.90 Å². The molecule has 5 nitrogen and oxygen atoms in total. The number of rotatable bonds is 3. The zero-order valence-electron chi connectivity index (χ0n) is 9.83. The lowest BCUT2D eigenvalue weighted by molar-refractivity contribution is -0.122. The summed E-state index contributed by atoms with van der Waals surface area (Å²) in [5, 5.41) is 3.23. The lowest BCUT2D eigenvalue weighted by Crippen LogP contribution is -2.29. The van der Waals surface area contributed by atoms with Gasteiger partial charge in [-0.15, -0.1) is 0 Å². The first kappa shape index (κ1) is 11.7. The van der Waals surface area contributed by atoms with Crippen LogP contribution in [0.4, 0.5) is 0 Å². The molecule has 0 bridgehead atoms. The number of amides is 1. The molecular formula is C13H10N2O3S. The zero-order valence-corrected chi connectivity index (χ0v) is 10.6. The molecule has 2 aromatic rings. The molecule has 0 aromatic carbocycles. The number of thiocarbonyl (C=S) groups is 1. The fraction of sp³-hybridized carbons (Fsp3) is 0.0769. The molecule has 1 aliphatic rings. The van der Waals surface area contributed by atoms with Crippen molar-refractivity contribution in [1.29, 1.82) is 0 Å². The quantitative estimate of drug-likeness (QED) is 0.686. The Hall–Kier alpha value is -2.34. The first-order valence-corrected chi connectivity index (χ1v) is 6.05. The summed E-state index contributed by atoms with van der Waals surface area (Å²) in [4.78, 5) is 13.6. The number of carbonyl (C=O) groups is 1. The monoisotopic (exact) mass is 274 g/mol. The summed E-state index contributed by atoms with van der Waals surface area (Å²) in [5.74, 6) is 1.08. The van der Waals surface area contributed by atoms with Gasteiger partial charge in [-0.1, -0.05) is 0 Å². The molecule has 0 atom stereocenters. The fourth-order valence-electron chi connectivity index (χ4n) is 1.79. The lowest BCUT2D eigenvalue weighted by atomic mass is 10.3. The Labute approximate surface area is 114 Å². The Kier molecular flexibility index (Phi) is 2.92. The molecule has 3 heterocycles. The van der Waals surface area contributed by atoms with E-state index in [-0.39, 0.29) is 5.91 Å². The summed E-state index contributed by atoms with van der Waals surface area (Å²) in [6, 6.07) is 7.08. The maximum atomic E-state index is 12.2. The molecule has 6 heteroatoms. The third kappa shape index (κ3) is 2.30. The van der Waals surface area contributed by atoms with Gasteiger partial charge in [0.2, 0.25) is 0 Å². The Bertz CT molecular complexity index is 629. The number of hydrogen-bond acceptors (Lipinski definition) is 4. The molecule has 3 rings (SSSR count). The van der Waals surface area contributed by atoms with Crippen LogP contribution in [0.3, 0.4) is 0 Å². The van der Waals surface area contributed by atoms with Gasteiger partial charge in [0.25, 0.3) is 5.91 Å². The lowest BCUT2D eigenvalue weighted by Gasteiger charge is -2.11. The summed E-state index contributed by atoms with van der Waals surface area (Å²) in [6.45, 7) is 0.313. The predicted molar refractivity (Wildman–Crippen MR) is 71.7 cm³/mol. The van der Waals surface area contributed by atoms with Crippen LogP contribution in [-0.4, -0.2) is 15.9 Å². The van der Waals surface area contributed by atoms with E-state index in [1.54, 1.807) is 42.9 Å². The van der Waals surface area contributed by atoms with Crippen molar-refractivity contribution in [3.8, 4) is 0 Å². The largest absolute Gasteiger partial charge is 0.467 e. The molecule has 2 aromatic heterocycles. The van der Waals surface area contributed by atoms with Crippen LogP contribution in [0.5, 0.6) is 0 Å². The smallest absolute Gasteiger partial charge is 0.277 e. The van der Waals surface area contributed by atoms with E-state index in [1.807, 2.05) is 0 Å². The highest BCUT2D eigenvalue weighted by atomic mass is 32.1. The molecule has 0 unspecified atom stereocenters. The van der Waals surface area contributed by atoms with Crippen molar-refractivity contribution in [1.82, 2.24) is 10.2 Å². The van der Waals surface area contributed by atoms with Gasteiger partial charge in [-0.25, -0.2) is 0 Å². The summed E-state index contributed by atoms with van der Waals surface area (Å²) < 4.78 is 10.4. The van der Waals surface area contributed by atoms with E-state index in [0.717, 1.165) is 0 Å². The van der Waals surface area contributed by atoms with Crippen molar-refractivity contribution in [2.45, 2.75) is 6.54 Å². The van der Waals surface area contributed by atoms with E-state index in [0.29, 0.717) is 28.9 Å². The minimum absolute atomic E-state index is 0.196. The molecule has 0 saturated carbocycles. The normalized spacial score (nSPS) is 17.3. The summed E-state index contributed by atoms with van der Waals surface area (Å²) >= 11 is 5.14. The molecule has 0 radical (unpaired) electrons. The Balaban J connectivity index is 1.81. The third-order valence-electron chi connectivity index (χ3n) is 2.69. The van der Waals surface area contributed by atoms with Gasteiger partial charge in [0.15, 0.2) is 5.11 Å². The number of nitrogens with zero attached hydrogens (tertiary/aromatic N) is 1. The summed E-state index contributed by atoms with van der Waals surface area (Å²) in [5.41, 5.74) is 0.395. The molecule has 1 aliphatic heterocycles. The average molecular weight is 274 g/mol. The highest BCUT2D eigenvalue weighted by molar-refractivity contribution is 7.80. The molecule has 1 saturated heterocycles. The average Bonchev–Trinajstić information content (AvgIpc) is 3.10. The first-order valence-electron chi connectivity index (χ1n) is 5.64.